The highest BCUT2D eigenvalue weighted by molar-refractivity contribution is 7.12. The topological polar surface area (TPSA) is 75.6 Å². The van der Waals surface area contributed by atoms with Crippen LogP contribution in [0.4, 0.5) is 0 Å². The summed E-state index contributed by atoms with van der Waals surface area (Å²) in [6.45, 7) is 1.63. The zero-order chi connectivity index (χ0) is 13.8. The number of nitrogens with one attached hydrogen (secondary N) is 1. The van der Waals surface area contributed by atoms with Crippen molar-refractivity contribution < 1.29 is 19.4 Å². The van der Waals surface area contributed by atoms with Crippen LogP contribution >= 0.6 is 11.3 Å². The van der Waals surface area contributed by atoms with Gasteiger partial charge in [0, 0.05) is 6.04 Å². The fourth-order valence-corrected chi connectivity index (χ4v) is 2.84. The average molecular weight is 283 g/mol. The van der Waals surface area contributed by atoms with Crippen molar-refractivity contribution in [1.82, 2.24) is 5.32 Å². The van der Waals surface area contributed by atoms with Gasteiger partial charge >= 0.3 is 5.97 Å². The fraction of sp³-hybridized carbons (Fsp3) is 0.538. The maximum atomic E-state index is 11.9. The van der Waals surface area contributed by atoms with Gasteiger partial charge < -0.3 is 15.2 Å². The molecule has 104 valence electrons. The van der Waals surface area contributed by atoms with E-state index in [0.717, 1.165) is 37.0 Å². The third-order valence-corrected chi connectivity index (χ3v) is 4.08. The van der Waals surface area contributed by atoms with E-state index in [-0.39, 0.29) is 22.6 Å². The number of hydrogen-bond acceptors (Lipinski definition) is 4. The molecular formula is C13H17NO4S. The summed E-state index contributed by atoms with van der Waals surface area (Å²) in [5.41, 5.74) is 0. The van der Waals surface area contributed by atoms with E-state index in [9.17, 15) is 9.59 Å². The summed E-state index contributed by atoms with van der Waals surface area (Å²) in [5, 5.41) is 13.5. The molecule has 1 aliphatic carbocycles. The van der Waals surface area contributed by atoms with E-state index >= 15 is 0 Å². The zero-order valence-electron chi connectivity index (χ0n) is 10.7. The van der Waals surface area contributed by atoms with Crippen molar-refractivity contribution in [2.45, 2.75) is 44.8 Å². The molecule has 2 N–H and O–H groups in total. The number of ether oxygens (including phenoxy) is 1. The number of carboxylic acid groups (broad SMARTS) is 1. The van der Waals surface area contributed by atoms with Gasteiger partial charge in [0.25, 0.3) is 5.91 Å². The number of thiophene rings is 1. The molecule has 0 spiro atoms. The molecule has 1 aromatic rings. The lowest BCUT2D eigenvalue weighted by Crippen LogP contribution is -2.41. The lowest BCUT2D eigenvalue weighted by Gasteiger charge is -2.17. The highest BCUT2D eigenvalue weighted by Gasteiger charge is 2.23. The first-order chi connectivity index (χ1) is 9.08. The fourth-order valence-electron chi connectivity index (χ4n) is 2.18. The van der Waals surface area contributed by atoms with Gasteiger partial charge in [0.15, 0.2) is 11.0 Å². The Labute approximate surface area is 115 Å². The third kappa shape index (κ3) is 3.47. The number of carbonyl (C=O) groups excluding carboxylic acids is 1. The summed E-state index contributed by atoms with van der Waals surface area (Å²) in [5.74, 6) is -0.964. The molecule has 19 heavy (non-hydrogen) atoms. The first-order valence-corrected chi connectivity index (χ1v) is 7.23. The van der Waals surface area contributed by atoms with Gasteiger partial charge in [-0.1, -0.05) is 12.8 Å². The predicted molar refractivity (Wildman–Crippen MR) is 71.8 cm³/mol. The maximum absolute atomic E-state index is 11.9. The van der Waals surface area contributed by atoms with Crippen molar-refractivity contribution in [3.8, 4) is 5.75 Å². The van der Waals surface area contributed by atoms with Crippen molar-refractivity contribution in [2.75, 3.05) is 0 Å². The predicted octanol–water partition coefficient (Wildman–Crippen LogP) is 2.27. The van der Waals surface area contributed by atoms with E-state index in [2.05, 4.69) is 5.32 Å². The summed E-state index contributed by atoms with van der Waals surface area (Å²) in [7, 11) is 0. The summed E-state index contributed by atoms with van der Waals surface area (Å²) in [4.78, 5) is 23.0. The highest BCUT2D eigenvalue weighted by Crippen LogP contribution is 2.26. The SMILES string of the molecule is CC(Oc1ccsc1C(=O)O)C(=O)NC1CCCC1. The van der Waals surface area contributed by atoms with Gasteiger partial charge in [0.05, 0.1) is 0 Å². The maximum Gasteiger partial charge on any atom is 0.349 e. The second kappa shape index (κ2) is 6.06. The molecule has 1 aromatic heterocycles. The number of carboxylic acids is 1. The average Bonchev–Trinajstić information content (AvgIpc) is 2.99. The largest absolute Gasteiger partial charge is 0.479 e. The van der Waals surface area contributed by atoms with E-state index in [1.165, 1.54) is 0 Å². The Kier molecular flexibility index (Phi) is 4.42. The molecule has 1 aliphatic rings. The molecule has 1 saturated carbocycles. The van der Waals surface area contributed by atoms with Crippen LogP contribution in [0.3, 0.4) is 0 Å². The Balaban J connectivity index is 1.92. The van der Waals surface area contributed by atoms with Crippen LogP contribution in [0.15, 0.2) is 11.4 Å². The van der Waals surface area contributed by atoms with Gasteiger partial charge in [-0.05, 0) is 31.2 Å². The molecule has 0 radical (unpaired) electrons. The van der Waals surface area contributed by atoms with Gasteiger partial charge in [-0.15, -0.1) is 11.3 Å². The highest BCUT2D eigenvalue weighted by atomic mass is 32.1. The Bertz CT molecular complexity index is 465. The summed E-state index contributed by atoms with van der Waals surface area (Å²) in [6.07, 6.45) is 3.63. The summed E-state index contributed by atoms with van der Waals surface area (Å²) >= 11 is 1.09. The van der Waals surface area contributed by atoms with Crippen molar-refractivity contribution >= 4 is 23.2 Å². The van der Waals surface area contributed by atoms with Crippen LogP contribution in [0, 0.1) is 0 Å². The first-order valence-electron chi connectivity index (χ1n) is 6.35. The Morgan fingerprint density at radius 2 is 2.16 bits per heavy atom. The van der Waals surface area contributed by atoms with Gasteiger partial charge in [-0.2, -0.15) is 0 Å². The molecule has 1 unspecified atom stereocenters. The van der Waals surface area contributed by atoms with Crippen LogP contribution in [-0.4, -0.2) is 29.1 Å². The Morgan fingerprint density at radius 1 is 1.47 bits per heavy atom. The first kappa shape index (κ1) is 13.9. The van der Waals surface area contributed by atoms with Crippen LogP contribution in [0.5, 0.6) is 5.75 Å². The molecule has 1 fully saturated rings. The summed E-state index contributed by atoms with van der Waals surface area (Å²) in [6, 6.07) is 1.81. The number of amides is 1. The quantitative estimate of drug-likeness (QED) is 0.869. The number of hydrogen-bond donors (Lipinski definition) is 2. The molecule has 1 atom stereocenters. The van der Waals surface area contributed by atoms with Gasteiger partial charge in [0.1, 0.15) is 5.75 Å². The van der Waals surface area contributed by atoms with Crippen molar-refractivity contribution in [2.24, 2.45) is 0 Å². The second-order valence-corrected chi connectivity index (χ2v) is 5.59. The number of aromatic carboxylic acids is 1. The molecule has 0 bridgehead atoms. The molecule has 1 amide bonds. The molecule has 6 heteroatoms. The molecule has 5 nitrogen and oxygen atoms in total. The standard InChI is InChI=1S/C13H17NO4S/c1-8(12(15)14-9-4-2-3-5-9)18-10-6-7-19-11(10)13(16)17/h6-9H,2-5H2,1H3,(H,14,15)(H,16,17). The minimum absolute atomic E-state index is 0.125. The normalized spacial score (nSPS) is 17.1. The van der Waals surface area contributed by atoms with Crippen molar-refractivity contribution in [1.29, 1.82) is 0 Å². The zero-order valence-corrected chi connectivity index (χ0v) is 11.5. The van der Waals surface area contributed by atoms with E-state index in [0.29, 0.717) is 0 Å². The molecule has 1 heterocycles. The number of carbonyl (C=O) groups is 2. The monoisotopic (exact) mass is 283 g/mol. The van der Waals surface area contributed by atoms with E-state index < -0.39 is 12.1 Å². The van der Waals surface area contributed by atoms with Crippen LogP contribution in [0.2, 0.25) is 0 Å². The third-order valence-electron chi connectivity index (χ3n) is 3.20. The van der Waals surface area contributed by atoms with Crippen molar-refractivity contribution in [3.05, 3.63) is 16.3 Å². The molecule has 2 rings (SSSR count). The Morgan fingerprint density at radius 3 is 2.79 bits per heavy atom. The van der Waals surface area contributed by atoms with Crippen LogP contribution in [0.1, 0.15) is 42.3 Å². The van der Waals surface area contributed by atoms with Gasteiger partial charge in [0.2, 0.25) is 0 Å². The van der Waals surface area contributed by atoms with E-state index in [1.807, 2.05) is 0 Å². The van der Waals surface area contributed by atoms with Crippen LogP contribution in [-0.2, 0) is 4.79 Å². The lowest BCUT2D eigenvalue weighted by molar-refractivity contribution is -0.128. The van der Waals surface area contributed by atoms with Gasteiger partial charge in [-0.3, -0.25) is 4.79 Å². The van der Waals surface area contributed by atoms with Gasteiger partial charge in [-0.25, -0.2) is 4.79 Å². The minimum Gasteiger partial charge on any atom is -0.479 e. The summed E-state index contributed by atoms with van der Waals surface area (Å²) < 4.78 is 5.44. The Hall–Kier alpha value is -1.56. The van der Waals surface area contributed by atoms with Crippen molar-refractivity contribution in [3.63, 3.8) is 0 Å². The van der Waals surface area contributed by atoms with E-state index in [1.54, 1.807) is 18.4 Å². The lowest BCUT2D eigenvalue weighted by atomic mass is 10.2. The minimum atomic E-state index is -1.03. The van der Waals surface area contributed by atoms with Crippen LogP contribution < -0.4 is 10.1 Å². The molecule has 0 saturated heterocycles. The molecule has 0 aliphatic heterocycles. The number of rotatable bonds is 5. The second-order valence-electron chi connectivity index (χ2n) is 4.67. The molecular weight excluding hydrogens is 266 g/mol. The van der Waals surface area contributed by atoms with E-state index in [4.69, 9.17) is 9.84 Å². The molecule has 0 aromatic carbocycles. The smallest absolute Gasteiger partial charge is 0.349 e. The van der Waals surface area contributed by atoms with Crippen LogP contribution in [0.25, 0.3) is 0 Å².